The molecule has 2 N–H and O–H groups in total. The van der Waals surface area contributed by atoms with Crippen molar-refractivity contribution in [3.63, 3.8) is 0 Å². The van der Waals surface area contributed by atoms with Crippen LogP contribution in [0.3, 0.4) is 0 Å². The first-order chi connectivity index (χ1) is 10.0. The van der Waals surface area contributed by atoms with Crippen molar-refractivity contribution in [1.29, 1.82) is 0 Å². The Morgan fingerprint density at radius 2 is 2.05 bits per heavy atom. The summed E-state index contributed by atoms with van der Waals surface area (Å²) in [5.41, 5.74) is 8.10. The predicted molar refractivity (Wildman–Crippen MR) is 79.3 cm³/mol. The third kappa shape index (κ3) is 2.60. The molecule has 0 bridgehead atoms. The molecule has 1 aromatic heterocycles. The first-order valence-corrected chi connectivity index (χ1v) is 6.58. The van der Waals surface area contributed by atoms with Gasteiger partial charge in [0.1, 0.15) is 5.82 Å². The average molecular weight is 304 g/mol. The summed E-state index contributed by atoms with van der Waals surface area (Å²) in [5.74, 6) is 0.135. The summed E-state index contributed by atoms with van der Waals surface area (Å²) in [6.07, 6.45) is 0. The molecular weight excluding hydrogens is 293 g/mol. The van der Waals surface area contributed by atoms with E-state index in [1.54, 1.807) is 31.2 Å². The number of rotatable bonds is 2. The number of hydrogen-bond donors (Lipinski definition) is 1. The Balaban J connectivity index is 2.08. The number of anilines is 1. The minimum absolute atomic E-state index is 0.204. The van der Waals surface area contributed by atoms with Gasteiger partial charge >= 0.3 is 0 Å². The normalized spacial score (nSPS) is 10.8. The largest absolute Gasteiger partial charge is 0.398 e. The monoisotopic (exact) mass is 303 g/mol. The third-order valence-corrected chi connectivity index (χ3v) is 3.30. The van der Waals surface area contributed by atoms with E-state index < -0.39 is 0 Å². The van der Waals surface area contributed by atoms with E-state index in [2.05, 4.69) is 10.1 Å². The number of aromatic nitrogens is 2. The summed E-state index contributed by atoms with van der Waals surface area (Å²) in [5, 5.41) is 4.28. The second-order valence-electron chi connectivity index (χ2n) is 4.64. The molecule has 106 valence electrons. The van der Waals surface area contributed by atoms with E-state index in [-0.39, 0.29) is 17.5 Å². The second kappa shape index (κ2) is 5.18. The number of nitrogens with two attached hydrogens (primary N) is 1. The zero-order chi connectivity index (χ0) is 15.0. The van der Waals surface area contributed by atoms with Crippen LogP contribution in [-0.4, -0.2) is 10.1 Å². The molecule has 0 spiro atoms. The summed E-state index contributed by atoms with van der Waals surface area (Å²) in [4.78, 5) is 4.25. The van der Waals surface area contributed by atoms with Crippen LogP contribution >= 0.6 is 11.6 Å². The molecule has 2 aromatic carbocycles. The van der Waals surface area contributed by atoms with Gasteiger partial charge in [-0.05, 0) is 42.8 Å². The summed E-state index contributed by atoms with van der Waals surface area (Å²) < 4.78 is 18.6. The number of aryl methyl sites for hydroxylation is 1. The highest BCUT2D eigenvalue weighted by atomic mass is 35.5. The van der Waals surface area contributed by atoms with Crippen LogP contribution < -0.4 is 5.73 Å². The van der Waals surface area contributed by atoms with E-state index in [4.69, 9.17) is 21.9 Å². The van der Waals surface area contributed by atoms with Crippen LogP contribution in [0.15, 0.2) is 40.9 Å². The molecule has 1 heterocycles. The molecule has 3 aromatic rings. The van der Waals surface area contributed by atoms with Gasteiger partial charge in [-0.25, -0.2) is 4.39 Å². The number of halogens is 2. The maximum Gasteiger partial charge on any atom is 0.261 e. The fourth-order valence-electron chi connectivity index (χ4n) is 2.07. The van der Waals surface area contributed by atoms with Crippen molar-refractivity contribution >= 4 is 17.3 Å². The van der Waals surface area contributed by atoms with Crippen molar-refractivity contribution in [3.05, 3.63) is 52.8 Å². The Hall–Kier alpha value is -2.40. The van der Waals surface area contributed by atoms with Gasteiger partial charge in [0.25, 0.3) is 5.89 Å². The van der Waals surface area contributed by atoms with Crippen molar-refractivity contribution in [2.75, 3.05) is 5.73 Å². The van der Waals surface area contributed by atoms with Gasteiger partial charge in [0, 0.05) is 11.3 Å². The van der Waals surface area contributed by atoms with E-state index in [0.29, 0.717) is 21.8 Å². The molecule has 6 heteroatoms. The maximum atomic E-state index is 13.4. The van der Waals surface area contributed by atoms with Crippen LogP contribution in [0.5, 0.6) is 0 Å². The van der Waals surface area contributed by atoms with Gasteiger partial charge in [-0.1, -0.05) is 22.8 Å². The predicted octanol–water partition coefficient (Wildman–Crippen LogP) is 4.09. The van der Waals surface area contributed by atoms with E-state index in [1.807, 2.05) is 0 Å². The number of nitrogen functional groups attached to an aromatic ring is 1. The van der Waals surface area contributed by atoms with Crippen LogP contribution in [0.1, 0.15) is 5.56 Å². The van der Waals surface area contributed by atoms with E-state index in [9.17, 15) is 4.39 Å². The molecule has 3 rings (SSSR count). The highest BCUT2D eigenvalue weighted by molar-refractivity contribution is 6.33. The summed E-state index contributed by atoms with van der Waals surface area (Å²) in [6.45, 7) is 1.79. The summed E-state index contributed by atoms with van der Waals surface area (Å²) in [6, 6.07) is 9.65. The quantitative estimate of drug-likeness (QED) is 0.724. The van der Waals surface area contributed by atoms with Crippen LogP contribution in [0.25, 0.3) is 22.8 Å². The van der Waals surface area contributed by atoms with Gasteiger partial charge in [-0.2, -0.15) is 4.98 Å². The van der Waals surface area contributed by atoms with Gasteiger partial charge < -0.3 is 10.3 Å². The Bertz CT molecular complexity index is 776. The lowest BCUT2D eigenvalue weighted by molar-refractivity contribution is 0.432. The molecule has 0 fully saturated rings. The number of nitrogens with zero attached hydrogens (tertiary/aromatic N) is 2. The van der Waals surface area contributed by atoms with Crippen LogP contribution in [0.4, 0.5) is 10.1 Å². The summed E-state index contributed by atoms with van der Waals surface area (Å²) >= 11 is 6.10. The Morgan fingerprint density at radius 3 is 2.76 bits per heavy atom. The summed E-state index contributed by atoms with van der Waals surface area (Å²) in [7, 11) is 0. The molecule has 0 unspecified atom stereocenters. The smallest absolute Gasteiger partial charge is 0.261 e. The molecule has 0 aliphatic heterocycles. The lowest BCUT2D eigenvalue weighted by atomic mass is 10.1. The van der Waals surface area contributed by atoms with Crippen molar-refractivity contribution in [2.24, 2.45) is 0 Å². The third-order valence-electron chi connectivity index (χ3n) is 2.99. The Kier molecular flexibility index (Phi) is 3.35. The zero-order valence-electron chi connectivity index (χ0n) is 11.1. The van der Waals surface area contributed by atoms with Crippen LogP contribution in [0.2, 0.25) is 5.02 Å². The molecule has 0 aliphatic carbocycles. The van der Waals surface area contributed by atoms with Gasteiger partial charge in [0.15, 0.2) is 0 Å². The molecule has 21 heavy (non-hydrogen) atoms. The SMILES string of the molecule is Cc1cc(F)cc(-c2noc(-c3c(N)cccc3Cl)n2)c1. The highest BCUT2D eigenvalue weighted by Gasteiger charge is 2.16. The Morgan fingerprint density at radius 1 is 1.24 bits per heavy atom. The molecular formula is C15H11ClFN3O. The highest BCUT2D eigenvalue weighted by Crippen LogP contribution is 2.33. The molecule has 0 saturated carbocycles. The second-order valence-corrected chi connectivity index (χ2v) is 5.05. The van der Waals surface area contributed by atoms with Crippen molar-refractivity contribution in [1.82, 2.24) is 10.1 Å². The molecule has 0 radical (unpaired) electrons. The van der Waals surface area contributed by atoms with Crippen molar-refractivity contribution in [2.45, 2.75) is 6.92 Å². The lowest BCUT2D eigenvalue weighted by Crippen LogP contribution is -1.91. The topological polar surface area (TPSA) is 64.9 Å². The van der Waals surface area contributed by atoms with Gasteiger partial charge in [0.05, 0.1) is 10.6 Å². The number of hydrogen-bond acceptors (Lipinski definition) is 4. The van der Waals surface area contributed by atoms with Crippen molar-refractivity contribution in [3.8, 4) is 22.8 Å². The van der Waals surface area contributed by atoms with Gasteiger partial charge in [-0.15, -0.1) is 0 Å². The maximum absolute atomic E-state index is 13.4. The average Bonchev–Trinajstić information content (AvgIpc) is 2.87. The minimum atomic E-state index is -0.353. The minimum Gasteiger partial charge on any atom is -0.398 e. The number of benzene rings is 2. The fourth-order valence-corrected chi connectivity index (χ4v) is 2.34. The lowest BCUT2D eigenvalue weighted by Gasteiger charge is -2.02. The van der Waals surface area contributed by atoms with Crippen LogP contribution in [0, 0.1) is 12.7 Å². The first kappa shape index (κ1) is 13.6. The van der Waals surface area contributed by atoms with Gasteiger partial charge in [0.2, 0.25) is 5.82 Å². The van der Waals surface area contributed by atoms with E-state index in [0.717, 1.165) is 5.56 Å². The fraction of sp³-hybridized carbons (Fsp3) is 0.0667. The standard InChI is InChI=1S/C15H11ClFN3O/c1-8-5-9(7-10(17)6-8)14-19-15(21-20-14)13-11(16)3-2-4-12(13)18/h2-7H,18H2,1H3. The molecule has 0 atom stereocenters. The zero-order valence-corrected chi connectivity index (χ0v) is 11.9. The van der Waals surface area contributed by atoms with Crippen molar-refractivity contribution < 1.29 is 8.91 Å². The van der Waals surface area contributed by atoms with E-state index >= 15 is 0 Å². The van der Waals surface area contributed by atoms with Crippen LogP contribution in [-0.2, 0) is 0 Å². The van der Waals surface area contributed by atoms with E-state index in [1.165, 1.54) is 12.1 Å². The molecule has 4 nitrogen and oxygen atoms in total. The van der Waals surface area contributed by atoms with Gasteiger partial charge in [-0.3, -0.25) is 0 Å². The first-order valence-electron chi connectivity index (χ1n) is 6.20. The molecule has 0 amide bonds. The molecule has 0 saturated heterocycles. The molecule has 0 aliphatic rings. The Labute approximate surface area is 125 Å².